The third-order valence-electron chi connectivity index (χ3n) is 4.35. The molecule has 7 nitrogen and oxygen atoms in total. The summed E-state index contributed by atoms with van der Waals surface area (Å²) in [4.78, 5) is 33.4. The number of aromatic amines is 1. The highest BCUT2D eigenvalue weighted by molar-refractivity contribution is 5.74. The molecule has 1 fully saturated rings. The second-order valence-electron chi connectivity index (χ2n) is 6.64. The average molecular weight is 317 g/mol. The van der Waals surface area contributed by atoms with Gasteiger partial charge in [-0.05, 0) is 25.7 Å². The molecule has 7 heteroatoms. The molecule has 1 aliphatic heterocycles. The van der Waals surface area contributed by atoms with E-state index in [2.05, 4.69) is 28.4 Å². The molecule has 2 aromatic heterocycles. The van der Waals surface area contributed by atoms with Crippen LogP contribution in [0.1, 0.15) is 26.7 Å². The van der Waals surface area contributed by atoms with E-state index in [4.69, 9.17) is 0 Å². The number of rotatable bonds is 3. The largest absolute Gasteiger partial charge is 0.342 e. The predicted molar refractivity (Wildman–Crippen MR) is 91.0 cm³/mol. The molecular weight excluding hydrogens is 294 g/mol. The van der Waals surface area contributed by atoms with Crippen molar-refractivity contribution in [3.05, 3.63) is 33.0 Å². The third-order valence-corrected chi connectivity index (χ3v) is 4.35. The van der Waals surface area contributed by atoms with Crippen LogP contribution in [0.5, 0.6) is 0 Å². The molecule has 0 bridgehead atoms. The van der Waals surface area contributed by atoms with E-state index in [1.807, 2.05) is 11.5 Å². The first-order valence-electron chi connectivity index (χ1n) is 7.97. The number of H-pyrrole nitrogens is 1. The fraction of sp³-hybridized carbons (Fsp3) is 0.562. The summed E-state index contributed by atoms with van der Waals surface area (Å²) in [5.41, 5.74) is 0.953. The van der Waals surface area contributed by atoms with Gasteiger partial charge in [0.1, 0.15) is 0 Å². The quantitative estimate of drug-likeness (QED) is 0.864. The number of piperidine rings is 1. The minimum Gasteiger partial charge on any atom is -0.342 e. The molecule has 124 valence electrons. The van der Waals surface area contributed by atoms with Crippen LogP contribution in [0.4, 0.5) is 5.95 Å². The normalized spacial score (nSPS) is 18.6. The summed E-state index contributed by atoms with van der Waals surface area (Å²) in [6, 6.07) is 0. The molecule has 0 spiro atoms. The molecule has 0 aliphatic carbocycles. The Balaban J connectivity index is 2.26. The summed E-state index contributed by atoms with van der Waals surface area (Å²) in [5.74, 6) is 1.34. The maximum absolute atomic E-state index is 12.3. The molecule has 2 aromatic rings. The van der Waals surface area contributed by atoms with Gasteiger partial charge in [0.2, 0.25) is 5.95 Å². The van der Waals surface area contributed by atoms with Gasteiger partial charge in [0.05, 0.1) is 0 Å². The van der Waals surface area contributed by atoms with Gasteiger partial charge < -0.3 is 9.47 Å². The molecule has 0 aromatic carbocycles. The second-order valence-corrected chi connectivity index (χ2v) is 6.64. The first-order chi connectivity index (χ1) is 10.9. The van der Waals surface area contributed by atoms with Crippen molar-refractivity contribution < 1.29 is 0 Å². The summed E-state index contributed by atoms with van der Waals surface area (Å²) in [6.45, 7) is 10.4. The summed E-state index contributed by atoms with van der Waals surface area (Å²) < 4.78 is 3.27. The second kappa shape index (κ2) is 5.72. The van der Waals surface area contributed by atoms with E-state index in [-0.39, 0.29) is 0 Å². The topological polar surface area (TPSA) is 75.9 Å². The highest BCUT2D eigenvalue weighted by Gasteiger charge is 2.24. The number of hydrogen-bond donors (Lipinski definition) is 1. The van der Waals surface area contributed by atoms with Crippen molar-refractivity contribution in [2.24, 2.45) is 13.0 Å². The standard InChI is InChI=1S/C16H23N5O2/c1-10(2)8-21-12-13(19(4)16(23)18-14(12)22)17-15(21)20-7-5-6-11(3)9-20/h11H,1,5-9H2,2-4H3,(H,18,22,23)/t11-/m0/s1. The molecule has 0 radical (unpaired) electrons. The van der Waals surface area contributed by atoms with Crippen LogP contribution in [0.2, 0.25) is 0 Å². The zero-order valence-electron chi connectivity index (χ0n) is 13.9. The van der Waals surface area contributed by atoms with Crippen LogP contribution < -0.4 is 16.1 Å². The van der Waals surface area contributed by atoms with Gasteiger partial charge in [0, 0.05) is 26.7 Å². The van der Waals surface area contributed by atoms with E-state index in [1.54, 1.807) is 7.05 Å². The van der Waals surface area contributed by atoms with Crippen LogP contribution in [0.3, 0.4) is 0 Å². The highest BCUT2D eigenvalue weighted by atomic mass is 16.2. The lowest BCUT2D eigenvalue weighted by molar-refractivity contribution is 0.439. The maximum Gasteiger partial charge on any atom is 0.329 e. The summed E-state index contributed by atoms with van der Waals surface area (Å²) in [6.07, 6.45) is 2.31. The first kappa shape index (κ1) is 15.6. The van der Waals surface area contributed by atoms with Crippen LogP contribution in [-0.4, -0.2) is 32.2 Å². The van der Waals surface area contributed by atoms with Gasteiger partial charge >= 0.3 is 5.69 Å². The molecule has 0 amide bonds. The number of nitrogens with one attached hydrogen (secondary N) is 1. The first-order valence-corrected chi connectivity index (χ1v) is 7.97. The lowest BCUT2D eigenvalue weighted by Crippen LogP contribution is -2.36. The molecule has 1 atom stereocenters. The lowest BCUT2D eigenvalue weighted by Gasteiger charge is -2.32. The number of imidazole rings is 1. The Hall–Kier alpha value is -2.31. The van der Waals surface area contributed by atoms with Crippen LogP contribution in [-0.2, 0) is 13.6 Å². The number of aryl methyl sites for hydroxylation is 1. The number of hydrogen-bond acceptors (Lipinski definition) is 4. The van der Waals surface area contributed by atoms with Gasteiger partial charge in [-0.2, -0.15) is 4.98 Å². The Bertz CT molecular complexity index is 873. The molecule has 23 heavy (non-hydrogen) atoms. The zero-order chi connectivity index (χ0) is 16.7. The smallest absolute Gasteiger partial charge is 0.329 e. The van der Waals surface area contributed by atoms with Crippen LogP contribution in [0.15, 0.2) is 21.7 Å². The van der Waals surface area contributed by atoms with E-state index in [0.717, 1.165) is 31.0 Å². The van der Waals surface area contributed by atoms with Crippen LogP contribution in [0, 0.1) is 5.92 Å². The molecule has 3 rings (SSSR count). The van der Waals surface area contributed by atoms with Crippen molar-refractivity contribution in [2.75, 3.05) is 18.0 Å². The Morgan fingerprint density at radius 1 is 1.43 bits per heavy atom. The Labute approximate surface area is 134 Å². The number of fused-ring (bicyclic) bond motifs is 1. The fourth-order valence-corrected chi connectivity index (χ4v) is 3.26. The highest BCUT2D eigenvalue weighted by Crippen LogP contribution is 2.25. The molecule has 1 aliphatic rings. The van der Waals surface area contributed by atoms with E-state index in [9.17, 15) is 9.59 Å². The molecule has 0 unspecified atom stereocenters. The molecule has 1 N–H and O–H groups in total. The zero-order valence-corrected chi connectivity index (χ0v) is 13.9. The molecule has 0 saturated carbocycles. The molecule has 3 heterocycles. The van der Waals surface area contributed by atoms with Crippen molar-refractivity contribution >= 4 is 17.1 Å². The monoisotopic (exact) mass is 317 g/mol. The number of aromatic nitrogens is 4. The minimum absolute atomic E-state index is 0.395. The molecule has 1 saturated heterocycles. The van der Waals surface area contributed by atoms with Crippen molar-refractivity contribution in [3.8, 4) is 0 Å². The van der Waals surface area contributed by atoms with Gasteiger partial charge in [0.15, 0.2) is 11.2 Å². The van der Waals surface area contributed by atoms with Gasteiger partial charge in [-0.1, -0.05) is 19.1 Å². The SMILES string of the molecule is C=C(C)Cn1c(N2CCC[C@H](C)C2)nc2c1c(=O)[nH]c(=O)n2C. The van der Waals surface area contributed by atoms with E-state index < -0.39 is 11.2 Å². The van der Waals surface area contributed by atoms with Gasteiger partial charge in [-0.15, -0.1) is 0 Å². The van der Waals surface area contributed by atoms with E-state index in [1.165, 1.54) is 11.0 Å². The van der Waals surface area contributed by atoms with Gasteiger partial charge in [-0.3, -0.25) is 14.3 Å². The fourth-order valence-electron chi connectivity index (χ4n) is 3.26. The minimum atomic E-state index is -0.443. The molecular formula is C16H23N5O2. The van der Waals surface area contributed by atoms with Gasteiger partial charge in [-0.25, -0.2) is 4.79 Å². The van der Waals surface area contributed by atoms with Crippen molar-refractivity contribution in [1.29, 1.82) is 0 Å². The van der Waals surface area contributed by atoms with Crippen LogP contribution >= 0.6 is 0 Å². The third kappa shape index (κ3) is 2.71. The van der Waals surface area contributed by atoms with Crippen molar-refractivity contribution in [1.82, 2.24) is 19.1 Å². The maximum atomic E-state index is 12.3. The number of allylic oxidation sites excluding steroid dienone is 1. The average Bonchev–Trinajstić information content (AvgIpc) is 2.84. The number of anilines is 1. The predicted octanol–water partition coefficient (Wildman–Crippen LogP) is 1.24. The lowest BCUT2D eigenvalue weighted by atomic mass is 10.0. The van der Waals surface area contributed by atoms with E-state index in [0.29, 0.717) is 23.6 Å². The Morgan fingerprint density at radius 3 is 2.83 bits per heavy atom. The Morgan fingerprint density at radius 2 is 2.17 bits per heavy atom. The summed E-state index contributed by atoms with van der Waals surface area (Å²) >= 11 is 0. The van der Waals surface area contributed by atoms with Crippen LogP contribution in [0.25, 0.3) is 11.2 Å². The van der Waals surface area contributed by atoms with Crippen molar-refractivity contribution in [2.45, 2.75) is 33.2 Å². The van der Waals surface area contributed by atoms with E-state index >= 15 is 0 Å². The number of nitrogens with zero attached hydrogens (tertiary/aromatic N) is 4. The van der Waals surface area contributed by atoms with Crippen molar-refractivity contribution in [3.63, 3.8) is 0 Å². The summed E-state index contributed by atoms with van der Waals surface area (Å²) in [7, 11) is 1.63. The Kier molecular flexibility index (Phi) is 3.87. The summed E-state index contributed by atoms with van der Waals surface area (Å²) in [5, 5.41) is 0. The van der Waals surface area contributed by atoms with Gasteiger partial charge in [0.25, 0.3) is 5.56 Å².